The standard InChI is InChI=1S/C9H14O4/c1-3-6-12-8(11)9(2)5-4-7(10)13-9/h3-6H2,1-2H3/t9-/m1/s1. The van der Waals surface area contributed by atoms with Crippen LogP contribution < -0.4 is 0 Å². The number of ether oxygens (including phenoxy) is 2. The quantitative estimate of drug-likeness (QED) is 0.618. The van der Waals surface area contributed by atoms with E-state index >= 15 is 0 Å². The van der Waals surface area contributed by atoms with Crippen LogP contribution in [0.3, 0.4) is 0 Å². The monoisotopic (exact) mass is 186 g/mol. The Morgan fingerprint density at radius 3 is 2.85 bits per heavy atom. The Hall–Kier alpha value is -1.06. The minimum absolute atomic E-state index is 0.303. The number of cyclic esters (lactones) is 1. The molecule has 4 heteroatoms. The first-order valence-corrected chi connectivity index (χ1v) is 4.47. The van der Waals surface area contributed by atoms with Gasteiger partial charge in [0.25, 0.3) is 0 Å². The predicted molar refractivity (Wildman–Crippen MR) is 45.0 cm³/mol. The molecule has 0 radical (unpaired) electrons. The van der Waals surface area contributed by atoms with Gasteiger partial charge in [-0.25, -0.2) is 4.79 Å². The van der Waals surface area contributed by atoms with E-state index in [2.05, 4.69) is 0 Å². The third kappa shape index (κ3) is 2.20. The van der Waals surface area contributed by atoms with Crippen LogP contribution in [0, 0.1) is 0 Å². The predicted octanol–water partition coefficient (Wildman–Crippen LogP) is 1.04. The van der Waals surface area contributed by atoms with Crippen molar-refractivity contribution >= 4 is 11.9 Å². The minimum atomic E-state index is -1.04. The number of hydrogen-bond acceptors (Lipinski definition) is 4. The van der Waals surface area contributed by atoms with Gasteiger partial charge in [0, 0.05) is 12.8 Å². The first kappa shape index (κ1) is 10.0. The maximum absolute atomic E-state index is 11.4. The Balaban J connectivity index is 2.50. The molecule has 1 atom stereocenters. The van der Waals surface area contributed by atoms with Gasteiger partial charge in [-0.1, -0.05) is 6.92 Å². The van der Waals surface area contributed by atoms with Gasteiger partial charge in [0.05, 0.1) is 6.61 Å². The molecule has 0 aromatic rings. The van der Waals surface area contributed by atoms with Gasteiger partial charge in [0.1, 0.15) is 0 Å². The summed E-state index contributed by atoms with van der Waals surface area (Å²) in [6.45, 7) is 3.89. The van der Waals surface area contributed by atoms with Crippen LogP contribution in [-0.4, -0.2) is 24.1 Å². The normalized spacial score (nSPS) is 27.1. The second kappa shape index (κ2) is 3.77. The smallest absolute Gasteiger partial charge is 0.350 e. The number of esters is 2. The molecule has 1 rings (SSSR count). The SMILES string of the molecule is CCCOC(=O)[C@@]1(C)CCC(=O)O1. The van der Waals surface area contributed by atoms with E-state index in [0.717, 1.165) is 6.42 Å². The molecule has 1 saturated heterocycles. The van der Waals surface area contributed by atoms with Crippen molar-refractivity contribution in [1.29, 1.82) is 0 Å². The van der Waals surface area contributed by atoms with Gasteiger partial charge < -0.3 is 9.47 Å². The molecule has 0 aromatic heterocycles. The number of carbonyl (C=O) groups is 2. The molecule has 0 saturated carbocycles. The summed E-state index contributed by atoms with van der Waals surface area (Å²) in [6.07, 6.45) is 1.50. The highest BCUT2D eigenvalue weighted by atomic mass is 16.6. The average molecular weight is 186 g/mol. The molecule has 1 heterocycles. The van der Waals surface area contributed by atoms with Crippen LogP contribution in [0.1, 0.15) is 33.1 Å². The first-order valence-electron chi connectivity index (χ1n) is 4.47. The second-order valence-electron chi connectivity index (χ2n) is 3.34. The third-order valence-electron chi connectivity index (χ3n) is 2.01. The van der Waals surface area contributed by atoms with Crippen molar-refractivity contribution in [3.05, 3.63) is 0 Å². The molecule has 0 aromatic carbocycles. The highest BCUT2D eigenvalue weighted by molar-refractivity contribution is 5.86. The lowest BCUT2D eigenvalue weighted by Crippen LogP contribution is -2.36. The summed E-state index contributed by atoms with van der Waals surface area (Å²) < 4.78 is 9.80. The van der Waals surface area contributed by atoms with Crippen molar-refractivity contribution in [3.8, 4) is 0 Å². The van der Waals surface area contributed by atoms with E-state index in [0.29, 0.717) is 19.4 Å². The van der Waals surface area contributed by atoms with Gasteiger partial charge in [-0.15, -0.1) is 0 Å². The van der Waals surface area contributed by atoms with E-state index in [4.69, 9.17) is 9.47 Å². The van der Waals surface area contributed by atoms with E-state index in [1.165, 1.54) is 0 Å². The fourth-order valence-corrected chi connectivity index (χ4v) is 1.19. The fraction of sp³-hybridized carbons (Fsp3) is 0.778. The van der Waals surface area contributed by atoms with E-state index < -0.39 is 11.6 Å². The van der Waals surface area contributed by atoms with Crippen LogP contribution in [-0.2, 0) is 19.1 Å². The van der Waals surface area contributed by atoms with Crippen molar-refractivity contribution in [1.82, 2.24) is 0 Å². The Morgan fingerprint density at radius 1 is 1.69 bits per heavy atom. The second-order valence-corrected chi connectivity index (χ2v) is 3.34. The fourth-order valence-electron chi connectivity index (χ4n) is 1.19. The molecule has 0 spiro atoms. The highest BCUT2D eigenvalue weighted by Gasteiger charge is 2.44. The number of carbonyl (C=O) groups excluding carboxylic acids is 2. The molecule has 1 aliphatic heterocycles. The summed E-state index contributed by atoms with van der Waals surface area (Å²) in [7, 11) is 0. The van der Waals surface area contributed by atoms with Gasteiger partial charge >= 0.3 is 11.9 Å². The lowest BCUT2D eigenvalue weighted by atomic mass is 10.0. The van der Waals surface area contributed by atoms with Gasteiger partial charge in [0.15, 0.2) is 0 Å². The maximum atomic E-state index is 11.4. The van der Waals surface area contributed by atoms with Crippen LogP contribution in [0.4, 0.5) is 0 Å². The van der Waals surface area contributed by atoms with Gasteiger partial charge in [-0.2, -0.15) is 0 Å². The molecule has 4 nitrogen and oxygen atoms in total. The Morgan fingerprint density at radius 2 is 2.38 bits per heavy atom. The molecule has 0 amide bonds. The highest BCUT2D eigenvalue weighted by Crippen LogP contribution is 2.27. The summed E-state index contributed by atoms with van der Waals surface area (Å²) in [4.78, 5) is 22.2. The molecule has 0 unspecified atom stereocenters. The lowest BCUT2D eigenvalue weighted by Gasteiger charge is -2.19. The van der Waals surface area contributed by atoms with Crippen molar-refractivity contribution < 1.29 is 19.1 Å². The first-order chi connectivity index (χ1) is 6.08. The Bertz CT molecular complexity index is 224. The number of hydrogen-bond donors (Lipinski definition) is 0. The zero-order chi connectivity index (χ0) is 9.90. The summed E-state index contributed by atoms with van der Waals surface area (Å²) >= 11 is 0. The van der Waals surface area contributed by atoms with E-state index in [1.54, 1.807) is 6.92 Å². The van der Waals surface area contributed by atoms with E-state index in [1.807, 2.05) is 6.92 Å². The van der Waals surface area contributed by atoms with Crippen molar-refractivity contribution in [3.63, 3.8) is 0 Å². The van der Waals surface area contributed by atoms with Gasteiger partial charge in [-0.3, -0.25) is 4.79 Å². The molecule has 0 N–H and O–H groups in total. The summed E-state index contributed by atoms with van der Waals surface area (Å²) in [5.74, 6) is -0.754. The third-order valence-corrected chi connectivity index (χ3v) is 2.01. The molecular formula is C9H14O4. The molecule has 13 heavy (non-hydrogen) atoms. The maximum Gasteiger partial charge on any atom is 0.350 e. The zero-order valence-corrected chi connectivity index (χ0v) is 7.96. The van der Waals surface area contributed by atoms with Crippen molar-refractivity contribution in [2.24, 2.45) is 0 Å². The van der Waals surface area contributed by atoms with E-state index in [9.17, 15) is 9.59 Å². The average Bonchev–Trinajstić information content (AvgIpc) is 2.43. The topological polar surface area (TPSA) is 52.6 Å². The van der Waals surface area contributed by atoms with Crippen LogP contribution in [0.2, 0.25) is 0 Å². The van der Waals surface area contributed by atoms with Crippen molar-refractivity contribution in [2.45, 2.75) is 38.7 Å². The van der Waals surface area contributed by atoms with Crippen LogP contribution in [0.5, 0.6) is 0 Å². The van der Waals surface area contributed by atoms with Crippen LogP contribution in [0.15, 0.2) is 0 Å². The summed E-state index contributed by atoms with van der Waals surface area (Å²) in [6, 6.07) is 0. The summed E-state index contributed by atoms with van der Waals surface area (Å²) in [5, 5.41) is 0. The largest absolute Gasteiger partial charge is 0.463 e. The molecule has 1 fully saturated rings. The summed E-state index contributed by atoms with van der Waals surface area (Å²) in [5.41, 5.74) is -1.04. The lowest BCUT2D eigenvalue weighted by molar-refractivity contribution is -0.172. The number of rotatable bonds is 3. The minimum Gasteiger partial charge on any atom is -0.463 e. The van der Waals surface area contributed by atoms with Crippen LogP contribution in [0.25, 0.3) is 0 Å². The molecule has 0 aliphatic carbocycles. The molecule has 0 bridgehead atoms. The molecular weight excluding hydrogens is 172 g/mol. The molecule has 74 valence electrons. The molecule has 1 aliphatic rings. The Labute approximate surface area is 77.2 Å². The van der Waals surface area contributed by atoms with E-state index in [-0.39, 0.29) is 5.97 Å². The van der Waals surface area contributed by atoms with Crippen LogP contribution >= 0.6 is 0 Å². The van der Waals surface area contributed by atoms with Gasteiger partial charge in [-0.05, 0) is 13.3 Å². The van der Waals surface area contributed by atoms with Gasteiger partial charge in [0.2, 0.25) is 5.60 Å². The Kier molecular flexibility index (Phi) is 2.90. The van der Waals surface area contributed by atoms with Crippen molar-refractivity contribution in [2.75, 3.05) is 6.61 Å². The zero-order valence-electron chi connectivity index (χ0n) is 7.96.